The smallest absolute Gasteiger partial charge is 0.0622 e. The molecule has 0 bridgehead atoms. The van der Waals surface area contributed by atoms with Gasteiger partial charge in [-0.3, -0.25) is 0 Å². The predicted octanol–water partition coefficient (Wildman–Crippen LogP) is 5.73. The minimum Gasteiger partial charge on any atom is -0.390 e. The number of hydrogen-bond acceptors (Lipinski definition) is 1. The normalized spacial score (nSPS) is 54.4. The Morgan fingerprint density at radius 1 is 1.04 bits per heavy atom. The van der Waals surface area contributed by atoms with Crippen LogP contribution in [-0.4, -0.2) is 10.7 Å². The van der Waals surface area contributed by atoms with Gasteiger partial charge in [-0.2, -0.15) is 0 Å². The zero-order chi connectivity index (χ0) is 16.2. The summed E-state index contributed by atoms with van der Waals surface area (Å²) in [5, 5.41) is 10.5. The van der Waals surface area contributed by atoms with Crippen LogP contribution in [0.25, 0.3) is 0 Å². The number of rotatable bonds is 1. The molecular weight excluding hydrogens is 280 g/mol. The quantitative estimate of drug-likeness (QED) is 0.613. The summed E-state index contributed by atoms with van der Waals surface area (Å²) in [6.45, 7) is 6.81. The van der Waals surface area contributed by atoms with Gasteiger partial charge in [0.15, 0.2) is 0 Å². The number of fused-ring (bicyclic) bond motifs is 5. The molecule has 23 heavy (non-hydrogen) atoms. The molecule has 4 aliphatic carbocycles. The first kappa shape index (κ1) is 16.2. The highest BCUT2D eigenvalue weighted by atomic mass is 16.3. The van der Waals surface area contributed by atoms with Crippen molar-refractivity contribution in [2.45, 2.75) is 90.6 Å². The van der Waals surface area contributed by atoms with Crippen molar-refractivity contribution in [3.63, 3.8) is 0 Å². The van der Waals surface area contributed by atoms with Gasteiger partial charge in [0.25, 0.3) is 0 Å². The Kier molecular flexibility index (Phi) is 3.95. The van der Waals surface area contributed by atoms with Gasteiger partial charge in [-0.15, -0.1) is 0 Å². The highest BCUT2D eigenvalue weighted by Gasteiger charge is 2.56. The van der Waals surface area contributed by atoms with Crippen molar-refractivity contribution in [2.75, 3.05) is 0 Å². The van der Waals surface area contributed by atoms with E-state index < -0.39 is 0 Å². The number of hydrogen-bond donors (Lipinski definition) is 1. The van der Waals surface area contributed by atoms with E-state index in [-0.39, 0.29) is 5.60 Å². The maximum absolute atomic E-state index is 10.5. The van der Waals surface area contributed by atoms with Crippen molar-refractivity contribution in [3.8, 4) is 0 Å². The van der Waals surface area contributed by atoms with E-state index in [2.05, 4.69) is 26.8 Å². The zero-order valence-corrected chi connectivity index (χ0v) is 15.5. The molecule has 0 aliphatic heterocycles. The third kappa shape index (κ3) is 2.36. The summed E-state index contributed by atoms with van der Waals surface area (Å²) >= 11 is 0. The van der Waals surface area contributed by atoms with Gasteiger partial charge < -0.3 is 5.11 Å². The lowest BCUT2D eigenvalue weighted by Crippen LogP contribution is -2.50. The Hall–Kier alpha value is -0.300. The Labute approximate surface area is 142 Å². The number of allylic oxidation sites excluding steroid dienone is 2. The van der Waals surface area contributed by atoms with Gasteiger partial charge >= 0.3 is 0 Å². The fraction of sp³-hybridized carbons (Fsp3) is 0.909. The first-order valence-corrected chi connectivity index (χ1v) is 10.4. The van der Waals surface area contributed by atoms with Crippen molar-refractivity contribution < 1.29 is 5.11 Å². The molecule has 0 spiro atoms. The van der Waals surface area contributed by atoms with Crippen LogP contribution >= 0.6 is 0 Å². The summed E-state index contributed by atoms with van der Waals surface area (Å²) in [5.74, 6) is 4.69. The third-order valence-corrected chi connectivity index (χ3v) is 8.79. The molecule has 0 unspecified atom stereocenters. The van der Waals surface area contributed by atoms with E-state index in [9.17, 15) is 5.11 Å². The molecule has 4 fully saturated rings. The van der Waals surface area contributed by atoms with Crippen molar-refractivity contribution >= 4 is 0 Å². The molecule has 4 rings (SSSR count). The maximum Gasteiger partial charge on any atom is 0.0622 e. The van der Waals surface area contributed by atoms with Crippen LogP contribution in [0.15, 0.2) is 11.6 Å². The molecule has 1 N–H and O–H groups in total. The average Bonchev–Trinajstić information content (AvgIpc) is 2.92. The fourth-order valence-electron chi connectivity index (χ4n) is 7.84. The van der Waals surface area contributed by atoms with Crippen LogP contribution in [0.3, 0.4) is 0 Å². The minimum atomic E-state index is -0.374. The minimum absolute atomic E-state index is 0.374. The second kappa shape index (κ2) is 5.61. The third-order valence-electron chi connectivity index (χ3n) is 8.79. The second-order valence-corrected chi connectivity index (χ2v) is 9.58. The largest absolute Gasteiger partial charge is 0.390 e. The molecule has 130 valence electrons. The lowest BCUT2D eigenvalue weighted by molar-refractivity contribution is -0.0928. The van der Waals surface area contributed by atoms with Gasteiger partial charge in [-0.25, -0.2) is 0 Å². The van der Waals surface area contributed by atoms with E-state index in [4.69, 9.17) is 0 Å². The topological polar surface area (TPSA) is 20.2 Å². The molecule has 7 atom stereocenters. The van der Waals surface area contributed by atoms with Gasteiger partial charge in [0.2, 0.25) is 0 Å². The van der Waals surface area contributed by atoms with Crippen molar-refractivity contribution in [1.29, 1.82) is 0 Å². The SMILES string of the molecule is C/C=C1/CC[C@H]2[C@@H]3CC[C@@H]4C[C@](C)(O)CC[C@@H]4[C@H]3CC[C@]12CC. The van der Waals surface area contributed by atoms with E-state index in [1.54, 1.807) is 5.57 Å². The standard InChI is InChI=1S/C22H36O/c1-4-16-7-9-20-19-8-6-15-14-21(3,23)12-10-17(15)18(19)11-13-22(16,20)5-2/h4,15,17-20,23H,5-14H2,1-3H3/b16-4-/t15-,17+,18-,19-,20+,21-,22-/m1/s1. The Morgan fingerprint density at radius 3 is 2.57 bits per heavy atom. The van der Waals surface area contributed by atoms with Crippen LogP contribution in [-0.2, 0) is 0 Å². The van der Waals surface area contributed by atoms with Crippen molar-refractivity contribution in [1.82, 2.24) is 0 Å². The van der Waals surface area contributed by atoms with Crippen LogP contribution < -0.4 is 0 Å². The summed E-state index contributed by atoms with van der Waals surface area (Å²) in [6, 6.07) is 0. The van der Waals surface area contributed by atoms with Crippen LogP contribution in [0.2, 0.25) is 0 Å². The summed E-state index contributed by atoms with van der Waals surface area (Å²) < 4.78 is 0. The first-order chi connectivity index (χ1) is 11.0. The van der Waals surface area contributed by atoms with E-state index in [0.29, 0.717) is 5.41 Å². The lowest BCUT2D eigenvalue weighted by Gasteiger charge is -2.57. The van der Waals surface area contributed by atoms with Crippen LogP contribution in [0.5, 0.6) is 0 Å². The van der Waals surface area contributed by atoms with Crippen LogP contribution in [0.4, 0.5) is 0 Å². The average molecular weight is 317 g/mol. The summed E-state index contributed by atoms with van der Waals surface area (Å²) in [6.07, 6.45) is 15.8. The zero-order valence-electron chi connectivity index (χ0n) is 15.5. The molecule has 0 amide bonds. The van der Waals surface area contributed by atoms with Crippen LogP contribution in [0.1, 0.15) is 85.0 Å². The molecule has 1 nitrogen and oxygen atoms in total. The molecule has 4 saturated carbocycles. The van der Waals surface area contributed by atoms with Crippen LogP contribution in [0, 0.1) is 35.0 Å². The van der Waals surface area contributed by atoms with Crippen molar-refractivity contribution in [3.05, 3.63) is 11.6 Å². The Balaban J connectivity index is 1.59. The fourth-order valence-corrected chi connectivity index (χ4v) is 7.84. The monoisotopic (exact) mass is 316 g/mol. The lowest BCUT2D eigenvalue weighted by atomic mass is 9.49. The molecule has 0 aromatic rings. The highest BCUT2D eigenvalue weighted by Crippen LogP contribution is 2.65. The molecule has 0 heterocycles. The summed E-state index contributed by atoms with van der Waals surface area (Å²) in [4.78, 5) is 0. The molecule has 0 aromatic carbocycles. The van der Waals surface area contributed by atoms with Gasteiger partial charge in [-0.1, -0.05) is 18.6 Å². The Bertz CT molecular complexity index is 490. The van der Waals surface area contributed by atoms with E-state index >= 15 is 0 Å². The molecule has 0 radical (unpaired) electrons. The predicted molar refractivity (Wildman–Crippen MR) is 96.1 cm³/mol. The maximum atomic E-state index is 10.5. The van der Waals surface area contributed by atoms with Gasteiger partial charge in [0.1, 0.15) is 0 Å². The van der Waals surface area contributed by atoms with E-state index in [1.807, 2.05) is 0 Å². The van der Waals surface area contributed by atoms with Crippen molar-refractivity contribution in [2.24, 2.45) is 35.0 Å². The van der Waals surface area contributed by atoms with E-state index in [0.717, 1.165) is 42.4 Å². The molecule has 0 saturated heterocycles. The molecule has 4 aliphatic rings. The summed E-state index contributed by atoms with van der Waals surface area (Å²) in [7, 11) is 0. The Morgan fingerprint density at radius 2 is 1.83 bits per heavy atom. The van der Waals surface area contributed by atoms with Gasteiger partial charge in [-0.05, 0) is 113 Å². The first-order valence-electron chi connectivity index (χ1n) is 10.4. The molecule has 1 heteroatoms. The number of aliphatic hydroxyl groups is 1. The second-order valence-electron chi connectivity index (χ2n) is 9.58. The highest BCUT2D eigenvalue weighted by molar-refractivity contribution is 5.24. The van der Waals surface area contributed by atoms with E-state index in [1.165, 1.54) is 51.4 Å². The van der Waals surface area contributed by atoms with Gasteiger partial charge in [0.05, 0.1) is 5.60 Å². The van der Waals surface area contributed by atoms with Gasteiger partial charge in [0, 0.05) is 0 Å². The summed E-state index contributed by atoms with van der Waals surface area (Å²) in [5.41, 5.74) is 2.00. The molecular formula is C22H36O. The molecule has 0 aromatic heterocycles.